The first-order chi connectivity index (χ1) is 7.32. The number of hydrogen-bond donors (Lipinski definition) is 2. The molecule has 2 fully saturated rings. The summed E-state index contributed by atoms with van der Waals surface area (Å²) in [6.07, 6.45) is -3.02. The zero-order chi connectivity index (χ0) is 12.1. The van der Waals surface area contributed by atoms with E-state index in [2.05, 4.69) is 0 Å². The third-order valence-electron chi connectivity index (χ3n) is 3.02. The first kappa shape index (κ1) is 11.8. The molecule has 0 aromatic heterocycles. The number of nitrogens with two attached hydrogens (primary N) is 1. The fourth-order valence-corrected chi connectivity index (χ4v) is 2.15. The second kappa shape index (κ2) is 3.66. The number of carbonyl (C=O) groups is 1. The van der Waals surface area contributed by atoms with Crippen molar-refractivity contribution in [2.24, 2.45) is 11.7 Å². The summed E-state index contributed by atoms with van der Waals surface area (Å²) in [5.41, 5.74) is 5.15. The van der Waals surface area contributed by atoms with E-state index >= 15 is 0 Å². The summed E-state index contributed by atoms with van der Waals surface area (Å²) >= 11 is 0. The second-order valence-electron chi connectivity index (χ2n) is 4.78. The molecule has 0 aliphatic carbocycles. The maximum Gasteiger partial charge on any atom is 0.249 e. The highest BCUT2D eigenvalue weighted by Crippen LogP contribution is 2.38. The van der Waals surface area contributed by atoms with Crippen LogP contribution in [0.15, 0.2) is 0 Å². The van der Waals surface area contributed by atoms with E-state index < -0.39 is 30.2 Å². The molecule has 1 amide bonds. The predicted octanol–water partition coefficient (Wildman–Crippen LogP) is -0.655. The Morgan fingerprint density at radius 1 is 1.38 bits per heavy atom. The number of amides is 1. The van der Waals surface area contributed by atoms with Crippen LogP contribution in [0.2, 0.25) is 0 Å². The van der Waals surface area contributed by atoms with Crippen LogP contribution in [0.5, 0.6) is 0 Å². The fourth-order valence-electron chi connectivity index (χ4n) is 2.15. The Bertz CT molecular complexity index is 306. The van der Waals surface area contributed by atoms with E-state index in [1.54, 1.807) is 20.8 Å². The van der Waals surface area contributed by atoms with Gasteiger partial charge in [-0.15, -0.1) is 0 Å². The molecule has 6 nitrogen and oxygen atoms in total. The molecule has 2 heterocycles. The van der Waals surface area contributed by atoms with Gasteiger partial charge in [-0.2, -0.15) is 0 Å². The van der Waals surface area contributed by atoms with Crippen molar-refractivity contribution in [1.29, 1.82) is 0 Å². The average Bonchev–Trinajstić information content (AvgIpc) is 2.46. The number of rotatable bonds is 1. The van der Waals surface area contributed by atoms with E-state index in [0.29, 0.717) is 0 Å². The quantitative estimate of drug-likeness (QED) is 0.625. The predicted molar refractivity (Wildman–Crippen MR) is 53.1 cm³/mol. The monoisotopic (exact) mass is 231 g/mol. The van der Waals surface area contributed by atoms with Crippen LogP contribution in [0.25, 0.3) is 0 Å². The van der Waals surface area contributed by atoms with E-state index in [4.69, 9.17) is 19.9 Å². The number of hydrogen-bond acceptors (Lipinski definition) is 5. The Balaban J connectivity index is 2.18. The molecule has 6 heteroatoms. The summed E-state index contributed by atoms with van der Waals surface area (Å²) in [6.45, 7) is 5.30. The van der Waals surface area contributed by atoms with Gasteiger partial charge in [-0.25, -0.2) is 0 Å². The van der Waals surface area contributed by atoms with Crippen LogP contribution in [0.3, 0.4) is 0 Å². The van der Waals surface area contributed by atoms with Crippen LogP contribution in [0.4, 0.5) is 0 Å². The molecule has 2 unspecified atom stereocenters. The molecule has 5 atom stereocenters. The van der Waals surface area contributed by atoms with Gasteiger partial charge in [0.25, 0.3) is 0 Å². The normalized spacial score (nSPS) is 46.4. The summed E-state index contributed by atoms with van der Waals surface area (Å²) in [5, 5.41) is 9.86. The molecule has 16 heavy (non-hydrogen) atoms. The Labute approximate surface area is 93.6 Å². The van der Waals surface area contributed by atoms with Gasteiger partial charge in [-0.3, -0.25) is 4.79 Å². The highest BCUT2D eigenvalue weighted by atomic mass is 16.8. The van der Waals surface area contributed by atoms with Gasteiger partial charge in [0.05, 0.1) is 6.10 Å². The summed E-state index contributed by atoms with van der Waals surface area (Å²) in [6, 6.07) is 0. The Hall–Kier alpha value is -0.690. The molecular weight excluding hydrogens is 214 g/mol. The lowest BCUT2D eigenvalue weighted by Crippen LogP contribution is -2.56. The minimum atomic E-state index is -1.03. The van der Waals surface area contributed by atoms with E-state index in [-0.39, 0.29) is 12.0 Å². The zero-order valence-electron chi connectivity index (χ0n) is 9.54. The van der Waals surface area contributed by atoms with E-state index in [0.717, 1.165) is 0 Å². The molecule has 0 radical (unpaired) electrons. The number of primary amides is 1. The number of fused-ring (bicyclic) bond motifs is 1. The van der Waals surface area contributed by atoms with Crippen molar-refractivity contribution in [2.75, 3.05) is 0 Å². The summed E-state index contributed by atoms with van der Waals surface area (Å²) in [4.78, 5) is 11.1. The SMILES string of the molecule is C[C@@H]1C2OC(C)(C)O[C@H]2OC(C(N)=O)[C@@H]1O. The van der Waals surface area contributed by atoms with Crippen LogP contribution in [-0.2, 0) is 19.0 Å². The Kier molecular flexibility index (Phi) is 2.70. The molecule has 3 N–H and O–H groups in total. The van der Waals surface area contributed by atoms with Crippen LogP contribution in [-0.4, -0.2) is 41.4 Å². The van der Waals surface area contributed by atoms with Crippen molar-refractivity contribution in [1.82, 2.24) is 0 Å². The largest absolute Gasteiger partial charge is 0.389 e. The third kappa shape index (κ3) is 1.82. The third-order valence-corrected chi connectivity index (χ3v) is 3.02. The molecule has 2 saturated heterocycles. The molecule has 0 aromatic rings. The van der Waals surface area contributed by atoms with Gasteiger partial charge in [0.15, 0.2) is 18.2 Å². The lowest BCUT2D eigenvalue weighted by molar-refractivity contribution is -0.234. The molecule has 0 spiro atoms. The van der Waals surface area contributed by atoms with Crippen molar-refractivity contribution in [3.63, 3.8) is 0 Å². The second-order valence-corrected chi connectivity index (χ2v) is 4.78. The molecule has 92 valence electrons. The lowest BCUT2D eigenvalue weighted by Gasteiger charge is -2.37. The highest BCUT2D eigenvalue weighted by molar-refractivity contribution is 5.79. The maximum atomic E-state index is 11.1. The van der Waals surface area contributed by atoms with Gasteiger partial charge in [0, 0.05) is 5.92 Å². The van der Waals surface area contributed by atoms with Crippen molar-refractivity contribution in [3.05, 3.63) is 0 Å². The molecular formula is C10H17NO5. The van der Waals surface area contributed by atoms with Crippen molar-refractivity contribution >= 4 is 5.91 Å². The van der Waals surface area contributed by atoms with Crippen LogP contribution < -0.4 is 5.73 Å². The van der Waals surface area contributed by atoms with Gasteiger partial charge >= 0.3 is 0 Å². The number of carbonyl (C=O) groups excluding carboxylic acids is 1. The first-order valence-electron chi connectivity index (χ1n) is 5.30. The average molecular weight is 231 g/mol. The highest BCUT2D eigenvalue weighted by Gasteiger charge is 2.53. The zero-order valence-corrected chi connectivity index (χ0v) is 9.54. The smallest absolute Gasteiger partial charge is 0.249 e. The topological polar surface area (TPSA) is 91.0 Å². The fraction of sp³-hybridized carbons (Fsp3) is 0.900. The van der Waals surface area contributed by atoms with E-state index in [1.165, 1.54) is 0 Å². The number of aliphatic hydroxyl groups excluding tert-OH is 1. The maximum absolute atomic E-state index is 11.1. The minimum Gasteiger partial charge on any atom is -0.389 e. The van der Waals surface area contributed by atoms with Gasteiger partial charge in [0.2, 0.25) is 5.91 Å². The van der Waals surface area contributed by atoms with Crippen molar-refractivity contribution in [3.8, 4) is 0 Å². The van der Waals surface area contributed by atoms with Gasteiger partial charge < -0.3 is 25.1 Å². The molecule has 0 aromatic carbocycles. The van der Waals surface area contributed by atoms with E-state index in [1.807, 2.05) is 0 Å². The molecule has 0 saturated carbocycles. The first-order valence-corrected chi connectivity index (χ1v) is 5.30. The van der Waals surface area contributed by atoms with Crippen molar-refractivity contribution < 1.29 is 24.1 Å². The lowest BCUT2D eigenvalue weighted by atomic mass is 9.90. The summed E-state index contributed by atoms with van der Waals surface area (Å²) in [5.74, 6) is -1.72. The summed E-state index contributed by atoms with van der Waals surface area (Å²) in [7, 11) is 0. The molecule has 2 aliphatic rings. The van der Waals surface area contributed by atoms with Gasteiger partial charge in [-0.1, -0.05) is 6.92 Å². The van der Waals surface area contributed by atoms with Gasteiger partial charge in [0.1, 0.15) is 6.10 Å². The van der Waals surface area contributed by atoms with Crippen LogP contribution >= 0.6 is 0 Å². The van der Waals surface area contributed by atoms with Gasteiger partial charge in [-0.05, 0) is 13.8 Å². The van der Waals surface area contributed by atoms with Crippen LogP contribution in [0.1, 0.15) is 20.8 Å². The van der Waals surface area contributed by atoms with Crippen molar-refractivity contribution in [2.45, 2.75) is 51.2 Å². The standard InChI is InChI=1S/C10H17NO5/c1-4-5(12)7(8(11)13)14-9-6(4)15-10(2,3)16-9/h4-7,9,12H,1-3H3,(H2,11,13)/t4-,5+,6?,7?,9+/m0/s1. The number of aliphatic hydroxyl groups is 1. The Morgan fingerprint density at radius 2 is 2.00 bits per heavy atom. The molecule has 2 rings (SSSR count). The Morgan fingerprint density at radius 3 is 2.56 bits per heavy atom. The molecule has 2 aliphatic heterocycles. The van der Waals surface area contributed by atoms with Crippen LogP contribution in [0, 0.1) is 5.92 Å². The minimum absolute atomic E-state index is 0.266. The number of ether oxygens (including phenoxy) is 3. The molecule has 0 bridgehead atoms. The summed E-state index contributed by atoms with van der Waals surface area (Å²) < 4.78 is 16.4. The van der Waals surface area contributed by atoms with E-state index in [9.17, 15) is 9.90 Å².